The molecule has 1 atom stereocenters. The Labute approximate surface area is 111 Å². The van der Waals surface area contributed by atoms with E-state index in [1.54, 1.807) is 6.07 Å². The van der Waals surface area contributed by atoms with Gasteiger partial charge in [-0.15, -0.1) is 11.3 Å². The van der Waals surface area contributed by atoms with Crippen molar-refractivity contribution >= 4 is 27.3 Å². The molecule has 0 aliphatic carbocycles. The van der Waals surface area contributed by atoms with Crippen LogP contribution in [0.25, 0.3) is 0 Å². The quantitative estimate of drug-likeness (QED) is 0.938. The van der Waals surface area contributed by atoms with Crippen molar-refractivity contribution in [3.63, 3.8) is 0 Å². The second kappa shape index (κ2) is 5.25. The van der Waals surface area contributed by atoms with Gasteiger partial charge in [-0.05, 0) is 30.7 Å². The van der Waals surface area contributed by atoms with Gasteiger partial charge < -0.3 is 5.11 Å². The molecule has 0 spiro atoms. The zero-order valence-electron chi connectivity index (χ0n) is 9.15. The molecule has 0 aliphatic heterocycles. The number of aliphatic hydroxyl groups is 1. The van der Waals surface area contributed by atoms with E-state index in [0.717, 1.165) is 11.3 Å². The number of benzene rings is 1. The van der Waals surface area contributed by atoms with E-state index in [1.165, 1.54) is 23.5 Å². The van der Waals surface area contributed by atoms with Crippen molar-refractivity contribution in [2.45, 2.75) is 19.4 Å². The van der Waals surface area contributed by atoms with Gasteiger partial charge in [-0.1, -0.05) is 15.9 Å². The molecule has 2 aromatic rings. The molecule has 90 valence electrons. The third kappa shape index (κ3) is 3.34. The van der Waals surface area contributed by atoms with Crippen molar-refractivity contribution < 1.29 is 9.50 Å². The van der Waals surface area contributed by atoms with E-state index in [0.29, 0.717) is 15.9 Å². The fraction of sp³-hybridized carbons (Fsp3) is 0.250. The van der Waals surface area contributed by atoms with Crippen LogP contribution in [0, 0.1) is 12.7 Å². The van der Waals surface area contributed by atoms with E-state index in [2.05, 4.69) is 20.9 Å². The monoisotopic (exact) mass is 315 g/mol. The fourth-order valence-electron chi connectivity index (χ4n) is 1.56. The highest BCUT2D eigenvalue weighted by atomic mass is 79.9. The van der Waals surface area contributed by atoms with Crippen LogP contribution in [-0.4, -0.2) is 10.1 Å². The van der Waals surface area contributed by atoms with E-state index in [9.17, 15) is 9.50 Å². The summed E-state index contributed by atoms with van der Waals surface area (Å²) in [7, 11) is 0. The highest BCUT2D eigenvalue weighted by molar-refractivity contribution is 9.10. The summed E-state index contributed by atoms with van der Waals surface area (Å²) in [6.45, 7) is 1.88. The van der Waals surface area contributed by atoms with E-state index >= 15 is 0 Å². The minimum Gasteiger partial charge on any atom is -0.386 e. The molecule has 5 heteroatoms. The first-order valence-corrected chi connectivity index (χ1v) is 6.77. The topological polar surface area (TPSA) is 33.1 Å². The second-order valence-electron chi connectivity index (χ2n) is 3.82. The smallest absolute Gasteiger partial charge is 0.124 e. The molecule has 1 aromatic heterocycles. The zero-order valence-corrected chi connectivity index (χ0v) is 11.6. The summed E-state index contributed by atoms with van der Waals surface area (Å²) in [4.78, 5) is 4.21. The van der Waals surface area contributed by atoms with E-state index < -0.39 is 6.10 Å². The first-order valence-electron chi connectivity index (χ1n) is 5.09. The Morgan fingerprint density at radius 1 is 1.47 bits per heavy atom. The van der Waals surface area contributed by atoms with Crippen LogP contribution in [0.4, 0.5) is 4.39 Å². The molecule has 1 N–H and O–H groups in total. The Balaban J connectivity index is 2.15. The maximum atomic E-state index is 13.2. The minimum atomic E-state index is -0.678. The molecule has 0 bridgehead atoms. The van der Waals surface area contributed by atoms with Crippen LogP contribution < -0.4 is 0 Å². The Morgan fingerprint density at radius 2 is 2.24 bits per heavy atom. The Kier molecular flexibility index (Phi) is 3.91. The minimum absolute atomic E-state index is 0.308. The van der Waals surface area contributed by atoms with Gasteiger partial charge in [0.05, 0.1) is 0 Å². The third-order valence-electron chi connectivity index (χ3n) is 2.27. The van der Waals surface area contributed by atoms with Crippen LogP contribution in [0.5, 0.6) is 0 Å². The first-order chi connectivity index (χ1) is 8.04. The van der Waals surface area contributed by atoms with Gasteiger partial charge in [-0.3, -0.25) is 0 Å². The summed E-state index contributed by atoms with van der Waals surface area (Å²) >= 11 is 4.65. The largest absolute Gasteiger partial charge is 0.386 e. The number of hydrogen-bond acceptors (Lipinski definition) is 3. The van der Waals surface area contributed by atoms with Gasteiger partial charge in [-0.25, -0.2) is 9.37 Å². The lowest BCUT2D eigenvalue weighted by atomic mass is 10.1. The van der Waals surface area contributed by atoms with Crippen LogP contribution in [-0.2, 0) is 6.42 Å². The number of aromatic nitrogens is 1. The standard InChI is InChI=1S/C12H11BrFNOS/c1-7-6-17-12(15-7)11(16)4-8-2-9(13)5-10(14)3-8/h2-3,5-6,11,16H,4H2,1H3. The number of rotatable bonds is 3. The molecule has 2 nitrogen and oxygen atoms in total. The highest BCUT2D eigenvalue weighted by Gasteiger charge is 2.13. The summed E-state index contributed by atoms with van der Waals surface area (Å²) in [6, 6.07) is 4.62. The van der Waals surface area contributed by atoms with Gasteiger partial charge in [0.1, 0.15) is 16.9 Å². The number of nitrogens with zero attached hydrogens (tertiary/aromatic N) is 1. The molecule has 0 aliphatic rings. The van der Waals surface area contributed by atoms with Crippen molar-refractivity contribution in [1.29, 1.82) is 0 Å². The van der Waals surface area contributed by atoms with Crippen molar-refractivity contribution in [3.8, 4) is 0 Å². The summed E-state index contributed by atoms with van der Waals surface area (Å²) < 4.78 is 13.8. The molecule has 17 heavy (non-hydrogen) atoms. The SMILES string of the molecule is Cc1csc(C(O)Cc2cc(F)cc(Br)c2)n1. The first kappa shape index (κ1) is 12.7. The second-order valence-corrected chi connectivity index (χ2v) is 5.63. The van der Waals surface area contributed by atoms with Crippen LogP contribution in [0.3, 0.4) is 0 Å². The van der Waals surface area contributed by atoms with Gasteiger partial charge in [0.15, 0.2) is 0 Å². The van der Waals surface area contributed by atoms with Crippen LogP contribution in [0.2, 0.25) is 0 Å². The Morgan fingerprint density at radius 3 is 2.82 bits per heavy atom. The number of aryl methyl sites for hydroxylation is 1. The Bertz CT molecular complexity index is 509. The number of aliphatic hydroxyl groups excluding tert-OH is 1. The van der Waals surface area contributed by atoms with Crippen LogP contribution in [0.1, 0.15) is 22.4 Å². The van der Waals surface area contributed by atoms with Crippen molar-refractivity contribution in [1.82, 2.24) is 4.98 Å². The average molecular weight is 316 g/mol. The van der Waals surface area contributed by atoms with Gasteiger partial charge in [0, 0.05) is 22.0 Å². The molecule has 2 rings (SSSR count). The molecule has 1 heterocycles. The molecule has 1 unspecified atom stereocenters. The fourth-order valence-corrected chi connectivity index (χ4v) is 2.86. The third-order valence-corrected chi connectivity index (χ3v) is 3.79. The van der Waals surface area contributed by atoms with Crippen molar-refractivity contribution in [2.24, 2.45) is 0 Å². The van der Waals surface area contributed by atoms with Gasteiger partial charge in [0.25, 0.3) is 0 Å². The number of thiazole rings is 1. The van der Waals surface area contributed by atoms with Crippen molar-refractivity contribution in [3.05, 3.63) is 50.1 Å². The van der Waals surface area contributed by atoms with E-state index in [4.69, 9.17) is 0 Å². The van der Waals surface area contributed by atoms with Gasteiger partial charge in [-0.2, -0.15) is 0 Å². The van der Waals surface area contributed by atoms with Gasteiger partial charge >= 0.3 is 0 Å². The highest BCUT2D eigenvalue weighted by Crippen LogP contribution is 2.24. The lowest BCUT2D eigenvalue weighted by Crippen LogP contribution is -2.02. The lowest BCUT2D eigenvalue weighted by molar-refractivity contribution is 0.177. The normalized spacial score (nSPS) is 12.7. The zero-order chi connectivity index (χ0) is 12.4. The summed E-state index contributed by atoms with van der Waals surface area (Å²) in [5.41, 5.74) is 1.64. The average Bonchev–Trinajstić information content (AvgIpc) is 2.63. The number of hydrogen-bond donors (Lipinski definition) is 1. The van der Waals surface area contributed by atoms with Crippen LogP contribution in [0.15, 0.2) is 28.1 Å². The Hall–Kier alpha value is -0.780. The van der Waals surface area contributed by atoms with E-state index in [1.807, 2.05) is 12.3 Å². The number of halogens is 2. The molecular formula is C12H11BrFNOS. The van der Waals surface area contributed by atoms with Gasteiger partial charge in [0.2, 0.25) is 0 Å². The van der Waals surface area contributed by atoms with Crippen molar-refractivity contribution in [2.75, 3.05) is 0 Å². The maximum absolute atomic E-state index is 13.2. The van der Waals surface area contributed by atoms with Crippen LogP contribution >= 0.6 is 27.3 Å². The summed E-state index contributed by atoms with van der Waals surface area (Å²) in [5, 5.41) is 12.5. The molecule has 0 fully saturated rings. The summed E-state index contributed by atoms with van der Waals surface area (Å²) in [6.07, 6.45) is -0.314. The summed E-state index contributed by atoms with van der Waals surface area (Å²) in [5.74, 6) is -0.308. The predicted molar refractivity (Wildman–Crippen MR) is 69.6 cm³/mol. The molecule has 0 saturated heterocycles. The predicted octanol–water partition coefficient (Wildman–Crippen LogP) is 3.63. The maximum Gasteiger partial charge on any atom is 0.124 e. The van der Waals surface area contributed by atoms with E-state index in [-0.39, 0.29) is 5.82 Å². The molecular weight excluding hydrogens is 305 g/mol. The molecule has 1 aromatic carbocycles. The molecule has 0 saturated carbocycles. The molecule has 0 radical (unpaired) electrons. The molecule has 0 amide bonds. The lowest BCUT2D eigenvalue weighted by Gasteiger charge is -2.08.